The van der Waals surface area contributed by atoms with Crippen LogP contribution >= 0.6 is 0 Å². The molecule has 0 aliphatic heterocycles. The number of nitro benzene ring substituents is 1. The lowest BCUT2D eigenvalue weighted by molar-refractivity contribution is -0.384. The van der Waals surface area contributed by atoms with Crippen LogP contribution in [0, 0.1) is 22.0 Å². The molecule has 1 aromatic rings. The van der Waals surface area contributed by atoms with E-state index in [1.165, 1.54) is 24.3 Å². The SMILES string of the molecule is CC(C)C[C@H](NC(=O)c1ccc([N+](=O)[O-])cc1)C(=O)N[C@H](CC(C)C)C(=O)O. The first-order chi connectivity index (χ1) is 13.0. The molecule has 0 aromatic heterocycles. The van der Waals surface area contributed by atoms with E-state index in [2.05, 4.69) is 10.6 Å². The molecule has 154 valence electrons. The molecule has 2 amide bonds. The van der Waals surface area contributed by atoms with E-state index in [1.54, 1.807) is 0 Å². The van der Waals surface area contributed by atoms with Crippen LogP contribution in [0.4, 0.5) is 5.69 Å². The van der Waals surface area contributed by atoms with Crippen molar-refractivity contribution in [2.45, 2.75) is 52.6 Å². The molecule has 0 unspecified atom stereocenters. The number of benzene rings is 1. The number of carboxylic acid groups (broad SMARTS) is 1. The molecule has 0 saturated carbocycles. The van der Waals surface area contributed by atoms with Crippen LogP contribution in [-0.4, -0.2) is 39.9 Å². The predicted molar refractivity (Wildman–Crippen MR) is 103 cm³/mol. The van der Waals surface area contributed by atoms with Crippen LogP contribution in [0.1, 0.15) is 50.9 Å². The quantitative estimate of drug-likeness (QED) is 0.412. The van der Waals surface area contributed by atoms with Gasteiger partial charge in [0.15, 0.2) is 0 Å². The number of carboxylic acids is 1. The fourth-order valence-corrected chi connectivity index (χ4v) is 2.64. The van der Waals surface area contributed by atoms with Gasteiger partial charge < -0.3 is 15.7 Å². The number of hydrogen-bond donors (Lipinski definition) is 3. The molecule has 28 heavy (non-hydrogen) atoms. The highest BCUT2D eigenvalue weighted by molar-refractivity contribution is 5.98. The second kappa shape index (κ2) is 10.4. The molecular formula is C19H27N3O6. The maximum Gasteiger partial charge on any atom is 0.326 e. The number of rotatable bonds is 10. The van der Waals surface area contributed by atoms with E-state index in [-0.39, 0.29) is 29.5 Å². The van der Waals surface area contributed by atoms with Gasteiger partial charge in [0.1, 0.15) is 12.1 Å². The summed E-state index contributed by atoms with van der Waals surface area (Å²) in [5.41, 5.74) is 0.0233. The Labute approximate surface area is 163 Å². The zero-order valence-corrected chi connectivity index (χ0v) is 16.5. The van der Waals surface area contributed by atoms with Gasteiger partial charge in [0.05, 0.1) is 4.92 Å². The van der Waals surface area contributed by atoms with Crippen LogP contribution in [0.3, 0.4) is 0 Å². The third-order valence-corrected chi connectivity index (χ3v) is 3.99. The Morgan fingerprint density at radius 1 is 0.964 bits per heavy atom. The summed E-state index contributed by atoms with van der Waals surface area (Å²) in [6.07, 6.45) is 0.588. The van der Waals surface area contributed by atoms with Crippen molar-refractivity contribution in [2.75, 3.05) is 0 Å². The summed E-state index contributed by atoms with van der Waals surface area (Å²) in [6.45, 7) is 7.45. The van der Waals surface area contributed by atoms with Crippen molar-refractivity contribution in [2.24, 2.45) is 11.8 Å². The number of nitrogens with one attached hydrogen (secondary N) is 2. The Morgan fingerprint density at radius 2 is 1.46 bits per heavy atom. The van der Waals surface area contributed by atoms with Gasteiger partial charge >= 0.3 is 5.97 Å². The minimum Gasteiger partial charge on any atom is -0.480 e. The average Bonchev–Trinajstić information content (AvgIpc) is 2.59. The molecule has 9 nitrogen and oxygen atoms in total. The molecule has 0 heterocycles. The number of nitro groups is 1. The second-order valence-electron chi connectivity index (χ2n) is 7.49. The Bertz CT molecular complexity index is 715. The maximum absolute atomic E-state index is 12.6. The molecule has 0 bridgehead atoms. The molecule has 1 rings (SSSR count). The van der Waals surface area contributed by atoms with Crippen LogP contribution in [0.15, 0.2) is 24.3 Å². The van der Waals surface area contributed by atoms with Crippen molar-refractivity contribution in [3.63, 3.8) is 0 Å². The normalized spacial score (nSPS) is 13.1. The highest BCUT2D eigenvalue weighted by atomic mass is 16.6. The first-order valence-electron chi connectivity index (χ1n) is 9.09. The van der Waals surface area contributed by atoms with Crippen LogP contribution in [0.25, 0.3) is 0 Å². The van der Waals surface area contributed by atoms with E-state index in [1.807, 2.05) is 27.7 Å². The minimum atomic E-state index is -1.13. The zero-order valence-electron chi connectivity index (χ0n) is 16.5. The number of nitrogens with zero attached hydrogens (tertiary/aromatic N) is 1. The Kier molecular flexibility index (Phi) is 8.56. The smallest absolute Gasteiger partial charge is 0.326 e. The summed E-state index contributed by atoms with van der Waals surface area (Å²) >= 11 is 0. The molecule has 0 spiro atoms. The third-order valence-electron chi connectivity index (χ3n) is 3.99. The van der Waals surface area contributed by atoms with Crippen LogP contribution in [-0.2, 0) is 9.59 Å². The molecule has 0 fully saturated rings. The molecule has 0 aliphatic carbocycles. The van der Waals surface area contributed by atoms with Gasteiger partial charge in [-0.3, -0.25) is 19.7 Å². The third kappa shape index (κ3) is 7.34. The molecule has 0 saturated heterocycles. The summed E-state index contributed by atoms with van der Waals surface area (Å²) < 4.78 is 0. The van der Waals surface area contributed by atoms with E-state index in [0.29, 0.717) is 6.42 Å². The summed E-state index contributed by atoms with van der Waals surface area (Å²) in [4.78, 5) is 46.6. The van der Waals surface area contributed by atoms with Gasteiger partial charge in [-0.05, 0) is 36.8 Å². The van der Waals surface area contributed by atoms with E-state index in [0.717, 1.165) is 0 Å². The number of carbonyl (C=O) groups excluding carboxylic acids is 2. The molecule has 0 radical (unpaired) electrons. The lowest BCUT2D eigenvalue weighted by Gasteiger charge is -2.23. The standard InChI is InChI=1S/C19H27N3O6/c1-11(2)9-15(18(24)21-16(19(25)26)10-12(3)4)20-17(23)13-5-7-14(8-6-13)22(27)28/h5-8,11-12,15-16H,9-10H2,1-4H3,(H,20,23)(H,21,24)(H,25,26)/t15-,16+/m0/s1. The van der Waals surface area contributed by atoms with E-state index in [9.17, 15) is 29.6 Å². The van der Waals surface area contributed by atoms with Crippen molar-refractivity contribution >= 4 is 23.5 Å². The highest BCUT2D eigenvalue weighted by Gasteiger charge is 2.28. The molecular weight excluding hydrogens is 366 g/mol. The highest BCUT2D eigenvalue weighted by Crippen LogP contribution is 2.13. The van der Waals surface area contributed by atoms with Crippen LogP contribution in [0.5, 0.6) is 0 Å². The van der Waals surface area contributed by atoms with E-state index in [4.69, 9.17) is 0 Å². The van der Waals surface area contributed by atoms with E-state index < -0.39 is 34.8 Å². The van der Waals surface area contributed by atoms with Crippen molar-refractivity contribution in [3.05, 3.63) is 39.9 Å². The first kappa shape index (κ1) is 23.1. The Morgan fingerprint density at radius 3 is 1.89 bits per heavy atom. The van der Waals surface area contributed by atoms with Crippen molar-refractivity contribution in [1.29, 1.82) is 0 Å². The fourth-order valence-electron chi connectivity index (χ4n) is 2.64. The van der Waals surface area contributed by atoms with Gasteiger partial charge in [0.25, 0.3) is 11.6 Å². The summed E-state index contributed by atoms with van der Waals surface area (Å²) in [5, 5.41) is 25.1. The van der Waals surface area contributed by atoms with Crippen molar-refractivity contribution in [1.82, 2.24) is 10.6 Å². The summed E-state index contributed by atoms with van der Waals surface area (Å²) in [7, 11) is 0. The number of amides is 2. The van der Waals surface area contributed by atoms with Gasteiger partial charge in [-0.15, -0.1) is 0 Å². The summed E-state index contributed by atoms with van der Waals surface area (Å²) in [5.74, 6) is -2.13. The van der Waals surface area contributed by atoms with Crippen LogP contribution in [0.2, 0.25) is 0 Å². The van der Waals surface area contributed by atoms with Gasteiger partial charge in [0.2, 0.25) is 5.91 Å². The van der Waals surface area contributed by atoms with Gasteiger partial charge in [-0.2, -0.15) is 0 Å². The molecule has 0 aliphatic rings. The molecule has 9 heteroatoms. The van der Waals surface area contributed by atoms with Crippen molar-refractivity contribution in [3.8, 4) is 0 Å². The van der Waals surface area contributed by atoms with Gasteiger partial charge in [0, 0.05) is 17.7 Å². The predicted octanol–water partition coefficient (Wildman–Crippen LogP) is 2.35. The largest absolute Gasteiger partial charge is 0.480 e. The maximum atomic E-state index is 12.6. The van der Waals surface area contributed by atoms with Gasteiger partial charge in [-0.1, -0.05) is 27.7 Å². The van der Waals surface area contributed by atoms with Crippen LogP contribution < -0.4 is 10.6 Å². The second-order valence-corrected chi connectivity index (χ2v) is 7.49. The zero-order chi connectivity index (χ0) is 21.4. The Balaban J connectivity index is 2.91. The minimum absolute atomic E-state index is 0.0691. The monoisotopic (exact) mass is 393 g/mol. The number of non-ortho nitro benzene ring substituents is 1. The Hall–Kier alpha value is -2.97. The number of carbonyl (C=O) groups is 3. The first-order valence-corrected chi connectivity index (χ1v) is 9.09. The topological polar surface area (TPSA) is 139 Å². The van der Waals surface area contributed by atoms with Gasteiger partial charge in [-0.25, -0.2) is 4.79 Å². The van der Waals surface area contributed by atoms with E-state index >= 15 is 0 Å². The lowest BCUT2D eigenvalue weighted by Crippen LogP contribution is -2.52. The fraction of sp³-hybridized carbons (Fsp3) is 0.526. The summed E-state index contributed by atoms with van der Waals surface area (Å²) in [6, 6.07) is 3.05. The molecule has 1 aromatic carbocycles. The molecule has 2 atom stereocenters. The molecule has 3 N–H and O–H groups in total. The lowest BCUT2D eigenvalue weighted by atomic mass is 10.00. The van der Waals surface area contributed by atoms with Crippen molar-refractivity contribution < 1.29 is 24.4 Å². The number of hydrogen-bond acceptors (Lipinski definition) is 5. The number of aliphatic carboxylic acids is 1. The average molecular weight is 393 g/mol.